The number of hydrogen-bond acceptors (Lipinski definition) is 7. The normalized spacial score (nSPS) is 13.8. The van der Waals surface area contributed by atoms with Crippen molar-refractivity contribution in [2.24, 2.45) is 0 Å². The van der Waals surface area contributed by atoms with E-state index in [0.29, 0.717) is 33.7 Å². The number of carbonyl (C=O) groups is 3. The summed E-state index contributed by atoms with van der Waals surface area (Å²) in [7, 11) is 1.46. The minimum Gasteiger partial charge on any atom is -0.494 e. The van der Waals surface area contributed by atoms with Gasteiger partial charge in [0, 0.05) is 30.5 Å². The molecule has 1 N–H and O–H groups in total. The molecule has 1 aliphatic heterocycles. The average molecular weight is 471 g/mol. The van der Waals surface area contributed by atoms with Crippen LogP contribution >= 0.6 is 0 Å². The van der Waals surface area contributed by atoms with Gasteiger partial charge in [-0.2, -0.15) is 5.10 Å². The summed E-state index contributed by atoms with van der Waals surface area (Å²) in [5.74, 6) is -0.848. The van der Waals surface area contributed by atoms with Crippen molar-refractivity contribution in [3.05, 3.63) is 78.8 Å². The van der Waals surface area contributed by atoms with Gasteiger partial charge in [0.2, 0.25) is 0 Å². The molecule has 11 heteroatoms. The second-order valence-corrected chi connectivity index (χ2v) is 7.89. The predicted octanol–water partition coefficient (Wildman–Crippen LogP) is 1.83. The first-order valence-corrected chi connectivity index (χ1v) is 10.8. The largest absolute Gasteiger partial charge is 0.494 e. The smallest absolute Gasteiger partial charge is 0.295 e. The fraction of sp³-hybridized carbons (Fsp3) is 0.167. The van der Waals surface area contributed by atoms with E-state index in [1.54, 1.807) is 24.3 Å². The lowest BCUT2D eigenvalue weighted by Crippen LogP contribution is -2.50. The molecule has 0 spiro atoms. The van der Waals surface area contributed by atoms with Gasteiger partial charge in [0.1, 0.15) is 18.4 Å². The minimum atomic E-state index is -0.707. The van der Waals surface area contributed by atoms with Gasteiger partial charge in [0.05, 0.1) is 36.3 Å². The van der Waals surface area contributed by atoms with E-state index < -0.39 is 11.7 Å². The standard InChI is InChI=1S/C24H21N7O4/c1-15-12-29(8-9-30(15)23(33)16-6-4-3-5-7-16)24(34)21(32)17-10-26-20-19(17)18(35-2)11-27-22(20)31-14-25-13-28-31/h3-7,10-11,13-14,26H,1,8-9,12H2,2H3. The molecule has 1 saturated heterocycles. The zero-order chi connectivity index (χ0) is 24.5. The van der Waals surface area contributed by atoms with Crippen molar-refractivity contribution in [2.75, 3.05) is 26.7 Å². The Bertz CT molecular complexity index is 1440. The van der Waals surface area contributed by atoms with Gasteiger partial charge in [-0.15, -0.1) is 0 Å². The molecule has 4 aromatic rings. The second-order valence-electron chi connectivity index (χ2n) is 7.89. The maximum Gasteiger partial charge on any atom is 0.295 e. The Kier molecular flexibility index (Phi) is 5.57. The van der Waals surface area contributed by atoms with Crippen molar-refractivity contribution >= 4 is 28.5 Å². The number of aromatic nitrogens is 5. The summed E-state index contributed by atoms with van der Waals surface area (Å²) in [6.45, 7) is 4.47. The lowest BCUT2D eigenvalue weighted by Gasteiger charge is -2.36. The Hall–Kier alpha value is -4.80. The summed E-state index contributed by atoms with van der Waals surface area (Å²) in [5, 5.41) is 4.51. The van der Waals surface area contributed by atoms with Crippen LogP contribution in [0.25, 0.3) is 16.7 Å². The monoisotopic (exact) mass is 471 g/mol. The summed E-state index contributed by atoms with van der Waals surface area (Å²) in [6, 6.07) is 8.85. The van der Waals surface area contributed by atoms with E-state index >= 15 is 0 Å². The van der Waals surface area contributed by atoms with E-state index in [-0.39, 0.29) is 31.1 Å². The highest BCUT2D eigenvalue weighted by Crippen LogP contribution is 2.32. The number of piperazine rings is 1. The molecule has 176 valence electrons. The van der Waals surface area contributed by atoms with Gasteiger partial charge in [-0.05, 0) is 12.1 Å². The minimum absolute atomic E-state index is 0.0639. The molecule has 0 radical (unpaired) electrons. The number of nitrogens with one attached hydrogen (secondary N) is 1. The van der Waals surface area contributed by atoms with Gasteiger partial charge >= 0.3 is 0 Å². The van der Waals surface area contributed by atoms with Crippen LogP contribution in [0.2, 0.25) is 0 Å². The highest BCUT2D eigenvalue weighted by atomic mass is 16.5. The molecule has 1 aromatic carbocycles. The topological polar surface area (TPSA) is 126 Å². The molecule has 1 aliphatic rings. The fourth-order valence-corrected chi connectivity index (χ4v) is 4.11. The third kappa shape index (κ3) is 3.82. The average Bonchev–Trinajstić information content (AvgIpc) is 3.58. The molecular formula is C24H21N7O4. The Morgan fingerprint density at radius 3 is 2.63 bits per heavy atom. The SMILES string of the molecule is C=C1CN(C(=O)C(=O)c2c[nH]c3c(-n4cncn4)ncc(OC)c23)CCN1C(=O)c1ccccc1. The lowest BCUT2D eigenvalue weighted by atomic mass is 10.1. The molecule has 11 nitrogen and oxygen atoms in total. The number of ketones is 1. The molecule has 5 rings (SSSR count). The number of fused-ring (bicyclic) bond motifs is 1. The third-order valence-electron chi connectivity index (χ3n) is 5.85. The first-order chi connectivity index (χ1) is 17.0. The zero-order valence-electron chi connectivity index (χ0n) is 18.8. The van der Waals surface area contributed by atoms with Gasteiger partial charge in [0.15, 0.2) is 5.82 Å². The van der Waals surface area contributed by atoms with E-state index in [1.165, 1.54) is 46.6 Å². The summed E-state index contributed by atoms with van der Waals surface area (Å²) in [4.78, 5) is 53.5. The molecule has 4 heterocycles. The quantitative estimate of drug-likeness (QED) is 0.348. The van der Waals surface area contributed by atoms with Gasteiger partial charge in [-0.1, -0.05) is 24.8 Å². The molecule has 0 atom stereocenters. The summed E-state index contributed by atoms with van der Waals surface area (Å²) < 4.78 is 6.86. The van der Waals surface area contributed by atoms with Gasteiger partial charge < -0.3 is 19.5 Å². The number of pyridine rings is 1. The second kappa shape index (κ2) is 8.86. The van der Waals surface area contributed by atoms with Crippen LogP contribution in [0.5, 0.6) is 5.75 Å². The number of hydrogen-bond donors (Lipinski definition) is 1. The van der Waals surface area contributed by atoms with Crippen molar-refractivity contribution in [3.63, 3.8) is 0 Å². The van der Waals surface area contributed by atoms with Gasteiger partial charge in [-0.25, -0.2) is 14.6 Å². The number of rotatable bonds is 5. The fourth-order valence-electron chi connectivity index (χ4n) is 4.11. The van der Waals surface area contributed by atoms with Gasteiger partial charge in [-0.3, -0.25) is 14.4 Å². The third-order valence-corrected chi connectivity index (χ3v) is 5.85. The van der Waals surface area contributed by atoms with E-state index in [4.69, 9.17) is 4.74 Å². The van der Waals surface area contributed by atoms with Crippen LogP contribution < -0.4 is 4.74 Å². The van der Waals surface area contributed by atoms with Crippen LogP contribution in [0, 0.1) is 0 Å². The Balaban J connectivity index is 1.39. The number of H-pyrrole nitrogens is 1. The first kappa shape index (κ1) is 22.0. The van der Waals surface area contributed by atoms with Crippen LogP contribution in [0.1, 0.15) is 20.7 Å². The predicted molar refractivity (Wildman–Crippen MR) is 125 cm³/mol. The van der Waals surface area contributed by atoms with Crippen LogP contribution in [-0.4, -0.2) is 78.9 Å². The zero-order valence-corrected chi connectivity index (χ0v) is 18.8. The summed E-state index contributed by atoms with van der Waals surface area (Å²) in [6.07, 6.45) is 5.76. The molecular weight excluding hydrogens is 450 g/mol. The molecule has 0 unspecified atom stereocenters. The molecule has 2 amide bonds. The molecule has 1 fully saturated rings. The molecule has 3 aromatic heterocycles. The number of methoxy groups -OCH3 is 1. The highest BCUT2D eigenvalue weighted by molar-refractivity contribution is 6.45. The van der Waals surface area contributed by atoms with E-state index in [1.807, 2.05) is 6.07 Å². The summed E-state index contributed by atoms with van der Waals surface area (Å²) in [5.41, 5.74) is 1.61. The van der Waals surface area contributed by atoms with Crippen molar-refractivity contribution in [1.82, 2.24) is 34.5 Å². The first-order valence-electron chi connectivity index (χ1n) is 10.8. The number of nitrogens with zero attached hydrogens (tertiary/aromatic N) is 6. The number of amides is 2. The van der Waals surface area contributed by atoms with Crippen LogP contribution in [0.15, 0.2) is 67.7 Å². The van der Waals surface area contributed by atoms with Crippen LogP contribution in [0.3, 0.4) is 0 Å². The van der Waals surface area contributed by atoms with E-state index in [2.05, 4.69) is 26.6 Å². The van der Waals surface area contributed by atoms with E-state index in [9.17, 15) is 14.4 Å². The molecule has 0 saturated carbocycles. The van der Waals surface area contributed by atoms with E-state index in [0.717, 1.165) is 0 Å². The highest BCUT2D eigenvalue weighted by Gasteiger charge is 2.33. The van der Waals surface area contributed by atoms with Crippen molar-refractivity contribution in [3.8, 4) is 11.6 Å². The number of ether oxygens (including phenoxy) is 1. The Labute approximate surface area is 199 Å². The molecule has 35 heavy (non-hydrogen) atoms. The van der Waals surface area contributed by atoms with Crippen molar-refractivity contribution in [1.29, 1.82) is 0 Å². The molecule has 0 aliphatic carbocycles. The van der Waals surface area contributed by atoms with Crippen molar-refractivity contribution < 1.29 is 19.1 Å². The number of Topliss-reactive ketones (excluding diaryl/α,β-unsaturated/α-hetero) is 1. The lowest BCUT2D eigenvalue weighted by molar-refractivity contribution is -0.127. The Morgan fingerprint density at radius 2 is 1.94 bits per heavy atom. The van der Waals surface area contributed by atoms with Crippen LogP contribution in [-0.2, 0) is 4.79 Å². The molecule has 0 bridgehead atoms. The number of aromatic amines is 1. The maximum absolute atomic E-state index is 13.3. The summed E-state index contributed by atoms with van der Waals surface area (Å²) >= 11 is 0. The van der Waals surface area contributed by atoms with Gasteiger partial charge in [0.25, 0.3) is 17.6 Å². The van der Waals surface area contributed by atoms with Crippen LogP contribution in [0.4, 0.5) is 0 Å². The van der Waals surface area contributed by atoms with Crippen molar-refractivity contribution in [2.45, 2.75) is 0 Å². The number of carbonyl (C=O) groups excluding carboxylic acids is 3. The Morgan fingerprint density at radius 1 is 1.14 bits per heavy atom. The maximum atomic E-state index is 13.3. The number of benzene rings is 1.